The van der Waals surface area contributed by atoms with Gasteiger partial charge in [-0.3, -0.25) is 0 Å². The molecule has 2 N–H and O–H groups in total. The minimum absolute atomic E-state index is 0.0941. The van der Waals surface area contributed by atoms with Crippen LogP contribution in [-0.4, -0.2) is 10.2 Å². The summed E-state index contributed by atoms with van der Waals surface area (Å²) in [5.41, 5.74) is 9.00. The molecular weight excluding hydrogens is 238 g/mol. The SMILES string of the molecule is CC[C@H](N)c1ccccc1Sc1nncs1. The zero-order chi connectivity index (χ0) is 11.4. The zero-order valence-electron chi connectivity index (χ0n) is 8.96. The van der Waals surface area contributed by atoms with Gasteiger partial charge in [-0.05, 0) is 18.1 Å². The van der Waals surface area contributed by atoms with E-state index in [1.165, 1.54) is 10.5 Å². The predicted octanol–water partition coefficient (Wildman–Crippen LogP) is 3.10. The molecule has 3 nitrogen and oxygen atoms in total. The van der Waals surface area contributed by atoms with Crippen LogP contribution in [-0.2, 0) is 0 Å². The summed E-state index contributed by atoms with van der Waals surface area (Å²) < 4.78 is 0.954. The summed E-state index contributed by atoms with van der Waals surface area (Å²) in [6.07, 6.45) is 0.938. The van der Waals surface area contributed by atoms with Crippen molar-refractivity contribution in [3.05, 3.63) is 35.3 Å². The molecule has 2 rings (SSSR count). The molecule has 0 bridgehead atoms. The maximum atomic E-state index is 6.08. The molecule has 16 heavy (non-hydrogen) atoms. The largest absolute Gasteiger partial charge is 0.324 e. The molecule has 0 saturated heterocycles. The van der Waals surface area contributed by atoms with Crippen molar-refractivity contribution in [3.8, 4) is 0 Å². The molecule has 0 aliphatic rings. The highest BCUT2D eigenvalue weighted by molar-refractivity contribution is 8.01. The maximum Gasteiger partial charge on any atom is 0.178 e. The minimum atomic E-state index is 0.0941. The lowest BCUT2D eigenvalue weighted by Crippen LogP contribution is -2.09. The Morgan fingerprint density at radius 3 is 2.94 bits per heavy atom. The Kier molecular flexibility index (Phi) is 3.93. The smallest absolute Gasteiger partial charge is 0.178 e. The number of nitrogens with two attached hydrogens (primary N) is 1. The molecule has 1 aromatic carbocycles. The van der Waals surface area contributed by atoms with E-state index in [1.807, 2.05) is 12.1 Å². The van der Waals surface area contributed by atoms with Crippen LogP contribution in [0.25, 0.3) is 0 Å². The second-order valence-corrected chi connectivity index (χ2v) is 5.48. The van der Waals surface area contributed by atoms with E-state index < -0.39 is 0 Å². The van der Waals surface area contributed by atoms with E-state index in [2.05, 4.69) is 29.3 Å². The van der Waals surface area contributed by atoms with Gasteiger partial charge in [-0.2, -0.15) is 0 Å². The number of nitrogens with zero attached hydrogens (tertiary/aromatic N) is 2. The zero-order valence-corrected chi connectivity index (χ0v) is 10.6. The summed E-state index contributed by atoms with van der Waals surface area (Å²) in [7, 11) is 0. The van der Waals surface area contributed by atoms with Gasteiger partial charge in [0.1, 0.15) is 5.51 Å². The van der Waals surface area contributed by atoms with Crippen LogP contribution >= 0.6 is 23.1 Å². The highest BCUT2D eigenvalue weighted by Crippen LogP contribution is 2.33. The van der Waals surface area contributed by atoms with Crippen molar-refractivity contribution in [2.75, 3.05) is 0 Å². The molecule has 2 aromatic rings. The van der Waals surface area contributed by atoms with Crippen LogP contribution in [0.5, 0.6) is 0 Å². The van der Waals surface area contributed by atoms with Crippen LogP contribution in [0.3, 0.4) is 0 Å². The van der Waals surface area contributed by atoms with Crippen molar-refractivity contribution in [2.24, 2.45) is 5.73 Å². The van der Waals surface area contributed by atoms with Crippen LogP contribution in [0.15, 0.2) is 39.0 Å². The molecule has 1 aromatic heterocycles. The number of hydrogen-bond donors (Lipinski definition) is 1. The van der Waals surface area contributed by atoms with E-state index in [0.717, 1.165) is 10.8 Å². The summed E-state index contributed by atoms with van der Waals surface area (Å²) in [6, 6.07) is 8.30. The van der Waals surface area contributed by atoms with Crippen molar-refractivity contribution in [3.63, 3.8) is 0 Å². The normalized spacial score (nSPS) is 12.6. The van der Waals surface area contributed by atoms with Gasteiger partial charge < -0.3 is 5.73 Å². The topological polar surface area (TPSA) is 51.8 Å². The van der Waals surface area contributed by atoms with Crippen molar-refractivity contribution in [2.45, 2.75) is 28.6 Å². The first-order valence-electron chi connectivity index (χ1n) is 5.09. The highest BCUT2D eigenvalue weighted by Gasteiger charge is 2.10. The second kappa shape index (κ2) is 5.43. The summed E-state index contributed by atoms with van der Waals surface area (Å²) >= 11 is 3.18. The Hall–Kier alpha value is -0.910. The lowest BCUT2D eigenvalue weighted by Gasteiger charge is -2.13. The Morgan fingerprint density at radius 2 is 2.25 bits per heavy atom. The first-order valence-corrected chi connectivity index (χ1v) is 6.79. The fraction of sp³-hybridized carbons (Fsp3) is 0.273. The summed E-state index contributed by atoms with van der Waals surface area (Å²) in [5, 5.41) is 7.86. The number of aromatic nitrogens is 2. The van der Waals surface area contributed by atoms with Crippen LogP contribution < -0.4 is 5.73 Å². The molecule has 0 spiro atoms. The first-order chi connectivity index (χ1) is 7.81. The van der Waals surface area contributed by atoms with Gasteiger partial charge in [0.05, 0.1) is 0 Å². The molecule has 0 radical (unpaired) electrons. The summed E-state index contributed by atoms with van der Waals surface area (Å²) in [5.74, 6) is 0. The van der Waals surface area contributed by atoms with E-state index in [1.54, 1.807) is 28.6 Å². The molecule has 0 aliphatic carbocycles. The van der Waals surface area contributed by atoms with E-state index in [0.29, 0.717) is 0 Å². The molecule has 5 heteroatoms. The van der Waals surface area contributed by atoms with E-state index in [-0.39, 0.29) is 6.04 Å². The highest BCUT2D eigenvalue weighted by atomic mass is 32.2. The second-order valence-electron chi connectivity index (χ2n) is 3.36. The Morgan fingerprint density at radius 1 is 1.44 bits per heavy atom. The van der Waals surface area contributed by atoms with Gasteiger partial charge in [-0.1, -0.05) is 48.2 Å². The number of benzene rings is 1. The van der Waals surface area contributed by atoms with Crippen LogP contribution in [0, 0.1) is 0 Å². The Balaban J connectivity index is 2.26. The molecule has 1 heterocycles. The molecule has 1 atom stereocenters. The number of rotatable bonds is 4. The molecule has 0 saturated carbocycles. The van der Waals surface area contributed by atoms with Gasteiger partial charge in [-0.15, -0.1) is 10.2 Å². The van der Waals surface area contributed by atoms with Gasteiger partial charge in [0.15, 0.2) is 4.34 Å². The maximum absolute atomic E-state index is 6.08. The fourth-order valence-electron chi connectivity index (χ4n) is 1.40. The Bertz CT molecular complexity index is 442. The molecule has 0 unspecified atom stereocenters. The van der Waals surface area contributed by atoms with Crippen molar-refractivity contribution in [1.29, 1.82) is 0 Å². The molecular formula is C11H13N3S2. The predicted molar refractivity (Wildman–Crippen MR) is 67.7 cm³/mol. The quantitative estimate of drug-likeness (QED) is 0.907. The third-order valence-electron chi connectivity index (χ3n) is 2.30. The number of hydrogen-bond acceptors (Lipinski definition) is 5. The third-order valence-corrected chi connectivity index (χ3v) is 4.17. The lowest BCUT2D eigenvalue weighted by molar-refractivity contribution is 0.685. The standard InChI is InChI=1S/C11H13N3S2/c1-2-9(12)8-5-3-4-6-10(8)16-11-14-13-7-15-11/h3-7,9H,2,12H2,1H3/t9-/m0/s1. The minimum Gasteiger partial charge on any atom is -0.324 e. The summed E-state index contributed by atoms with van der Waals surface area (Å²) in [6.45, 7) is 2.09. The van der Waals surface area contributed by atoms with Gasteiger partial charge in [0.2, 0.25) is 0 Å². The average molecular weight is 251 g/mol. The van der Waals surface area contributed by atoms with Crippen molar-refractivity contribution >= 4 is 23.1 Å². The van der Waals surface area contributed by atoms with Crippen LogP contribution in [0.1, 0.15) is 24.9 Å². The van der Waals surface area contributed by atoms with E-state index >= 15 is 0 Å². The average Bonchev–Trinajstić information content (AvgIpc) is 2.82. The van der Waals surface area contributed by atoms with Gasteiger partial charge in [0.25, 0.3) is 0 Å². The van der Waals surface area contributed by atoms with Crippen LogP contribution in [0.2, 0.25) is 0 Å². The first kappa shape index (κ1) is 11.6. The molecule has 0 amide bonds. The van der Waals surface area contributed by atoms with Crippen molar-refractivity contribution < 1.29 is 0 Å². The van der Waals surface area contributed by atoms with Gasteiger partial charge in [-0.25, -0.2) is 0 Å². The molecule has 84 valence electrons. The monoisotopic (exact) mass is 251 g/mol. The Labute approximate surface area is 103 Å². The summed E-state index contributed by atoms with van der Waals surface area (Å²) in [4.78, 5) is 1.17. The van der Waals surface area contributed by atoms with E-state index in [4.69, 9.17) is 5.73 Å². The van der Waals surface area contributed by atoms with Gasteiger partial charge >= 0.3 is 0 Å². The van der Waals surface area contributed by atoms with Crippen molar-refractivity contribution in [1.82, 2.24) is 10.2 Å². The van der Waals surface area contributed by atoms with E-state index in [9.17, 15) is 0 Å². The molecule has 0 fully saturated rings. The molecule has 0 aliphatic heterocycles. The fourth-order valence-corrected chi connectivity index (χ4v) is 3.03. The lowest BCUT2D eigenvalue weighted by atomic mass is 10.1. The van der Waals surface area contributed by atoms with Gasteiger partial charge in [0, 0.05) is 10.9 Å². The van der Waals surface area contributed by atoms with Crippen LogP contribution in [0.4, 0.5) is 0 Å². The third kappa shape index (κ3) is 2.61.